The van der Waals surface area contributed by atoms with Crippen molar-refractivity contribution in [2.24, 2.45) is 0 Å². The number of aromatic amines is 1. The summed E-state index contributed by atoms with van der Waals surface area (Å²) in [7, 11) is 0. The van der Waals surface area contributed by atoms with Crippen molar-refractivity contribution in [2.75, 3.05) is 0 Å². The fourth-order valence-corrected chi connectivity index (χ4v) is 2.93. The molecule has 17 heavy (non-hydrogen) atoms. The standard InChI is InChI=1S/C12H11N3OS/c16-12-9-6-17-7-10(9)14-11(15-12)5-8-1-3-13-4-2-8/h1-4H,5-7H2,(H,14,15,16). The van der Waals surface area contributed by atoms with Crippen LogP contribution in [0.2, 0.25) is 0 Å². The Kier molecular flexibility index (Phi) is 2.68. The van der Waals surface area contributed by atoms with Gasteiger partial charge in [0.2, 0.25) is 0 Å². The molecule has 0 radical (unpaired) electrons. The maximum absolute atomic E-state index is 11.8. The summed E-state index contributed by atoms with van der Waals surface area (Å²) < 4.78 is 0. The summed E-state index contributed by atoms with van der Waals surface area (Å²) >= 11 is 1.74. The molecule has 0 aromatic carbocycles. The van der Waals surface area contributed by atoms with E-state index in [1.165, 1.54) is 0 Å². The van der Waals surface area contributed by atoms with Gasteiger partial charge in [-0.05, 0) is 17.7 Å². The maximum Gasteiger partial charge on any atom is 0.255 e. The van der Waals surface area contributed by atoms with E-state index < -0.39 is 0 Å². The highest BCUT2D eigenvalue weighted by Gasteiger charge is 2.17. The lowest BCUT2D eigenvalue weighted by atomic mass is 10.2. The zero-order valence-electron chi connectivity index (χ0n) is 9.14. The Hall–Kier alpha value is -1.62. The van der Waals surface area contributed by atoms with Crippen molar-refractivity contribution >= 4 is 11.8 Å². The number of H-pyrrole nitrogens is 1. The predicted octanol–water partition coefficient (Wildman–Crippen LogP) is 1.50. The van der Waals surface area contributed by atoms with E-state index in [2.05, 4.69) is 15.0 Å². The van der Waals surface area contributed by atoms with Gasteiger partial charge in [-0.15, -0.1) is 0 Å². The Labute approximate surface area is 103 Å². The van der Waals surface area contributed by atoms with Crippen LogP contribution in [0.3, 0.4) is 0 Å². The van der Waals surface area contributed by atoms with Gasteiger partial charge in [-0.1, -0.05) is 0 Å². The molecule has 0 unspecified atom stereocenters. The fourth-order valence-electron chi connectivity index (χ4n) is 1.89. The van der Waals surface area contributed by atoms with E-state index in [1.807, 2.05) is 12.1 Å². The third kappa shape index (κ3) is 2.10. The first-order valence-electron chi connectivity index (χ1n) is 5.40. The summed E-state index contributed by atoms with van der Waals surface area (Å²) in [4.78, 5) is 23.1. The van der Waals surface area contributed by atoms with Gasteiger partial charge in [-0.2, -0.15) is 11.8 Å². The first kappa shape index (κ1) is 10.5. The normalized spacial score (nSPS) is 13.6. The molecule has 0 spiro atoms. The molecule has 86 valence electrons. The molecule has 1 aliphatic rings. The van der Waals surface area contributed by atoms with Gasteiger partial charge >= 0.3 is 0 Å². The molecule has 3 rings (SSSR count). The summed E-state index contributed by atoms with van der Waals surface area (Å²) in [5, 5.41) is 0. The predicted molar refractivity (Wildman–Crippen MR) is 66.9 cm³/mol. The van der Waals surface area contributed by atoms with E-state index in [1.54, 1.807) is 24.2 Å². The Bertz CT molecular complexity index is 594. The number of hydrogen-bond donors (Lipinski definition) is 1. The Balaban J connectivity index is 1.95. The van der Waals surface area contributed by atoms with Crippen molar-refractivity contribution < 1.29 is 0 Å². The van der Waals surface area contributed by atoms with Crippen molar-refractivity contribution in [1.82, 2.24) is 15.0 Å². The monoisotopic (exact) mass is 245 g/mol. The topological polar surface area (TPSA) is 58.6 Å². The van der Waals surface area contributed by atoms with Crippen molar-refractivity contribution in [3.8, 4) is 0 Å². The Morgan fingerprint density at radius 2 is 2.12 bits per heavy atom. The highest BCUT2D eigenvalue weighted by Crippen LogP contribution is 2.25. The van der Waals surface area contributed by atoms with Crippen LogP contribution in [0, 0.1) is 0 Å². The quantitative estimate of drug-likeness (QED) is 0.871. The summed E-state index contributed by atoms with van der Waals surface area (Å²) in [6, 6.07) is 3.87. The second kappa shape index (κ2) is 4.33. The van der Waals surface area contributed by atoms with Crippen LogP contribution in [0.25, 0.3) is 0 Å². The van der Waals surface area contributed by atoms with Gasteiger partial charge in [0.15, 0.2) is 0 Å². The summed E-state index contributed by atoms with van der Waals surface area (Å²) in [6.45, 7) is 0. The summed E-state index contributed by atoms with van der Waals surface area (Å²) in [5.74, 6) is 2.37. The van der Waals surface area contributed by atoms with Crippen LogP contribution in [0.1, 0.15) is 22.6 Å². The van der Waals surface area contributed by atoms with Crippen molar-refractivity contribution in [2.45, 2.75) is 17.9 Å². The SMILES string of the molecule is O=c1[nH]c(Cc2ccncc2)nc2c1CSC2. The molecule has 3 heterocycles. The fraction of sp³-hybridized carbons (Fsp3) is 0.250. The molecule has 2 aromatic heterocycles. The Morgan fingerprint density at radius 1 is 1.29 bits per heavy atom. The Morgan fingerprint density at radius 3 is 2.94 bits per heavy atom. The molecule has 5 heteroatoms. The lowest BCUT2D eigenvalue weighted by molar-refractivity contribution is 0.902. The number of nitrogens with zero attached hydrogens (tertiary/aromatic N) is 2. The van der Waals surface area contributed by atoms with Gasteiger partial charge < -0.3 is 4.98 Å². The van der Waals surface area contributed by atoms with Crippen LogP contribution in [0.5, 0.6) is 0 Å². The first-order chi connectivity index (χ1) is 8.33. The zero-order valence-corrected chi connectivity index (χ0v) is 9.96. The molecule has 2 aromatic rings. The average Bonchev–Trinajstić information content (AvgIpc) is 2.79. The number of rotatable bonds is 2. The summed E-state index contributed by atoms with van der Waals surface area (Å²) in [6.07, 6.45) is 4.14. The van der Waals surface area contributed by atoms with Crippen LogP contribution in [-0.2, 0) is 17.9 Å². The number of nitrogens with one attached hydrogen (secondary N) is 1. The second-order valence-corrected chi connectivity index (χ2v) is 4.95. The lowest BCUT2D eigenvalue weighted by Gasteiger charge is -2.03. The van der Waals surface area contributed by atoms with Crippen LogP contribution < -0.4 is 5.56 Å². The zero-order chi connectivity index (χ0) is 11.7. The molecule has 1 N–H and O–H groups in total. The number of aromatic nitrogens is 3. The lowest BCUT2D eigenvalue weighted by Crippen LogP contribution is -2.17. The highest BCUT2D eigenvalue weighted by atomic mass is 32.2. The molecule has 0 atom stereocenters. The van der Waals surface area contributed by atoms with Gasteiger partial charge in [0.25, 0.3) is 5.56 Å². The number of pyridine rings is 1. The van der Waals surface area contributed by atoms with Crippen LogP contribution in [-0.4, -0.2) is 15.0 Å². The molecule has 0 aliphatic carbocycles. The van der Waals surface area contributed by atoms with Crippen molar-refractivity contribution in [3.63, 3.8) is 0 Å². The van der Waals surface area contributed by atoms with Gasteiger partial charge in [0.05, 0.1) is 5.69 Å². The molecular weight excluding hydrogens is 234 g/mol. The highest BCUT2D eigenvalue weighted by molar-refractivity contribution is 7.98. The molecule has 0 bridgehead atoms. The van der Waals surface area contributed by atoms with Gasteiger partial charge in [0, 0.05) is 35.9 Å². The minimum Gasteiger partial charge on any atom is -0.310 e. The summed E-state index contributed by atoms with van der Waals surface area (Å²) in [5.41, 5.74) is 2.91. The van der Waals surface area contributed by atoms with Gasteiger partial charge in [-0.3, -0.25) is 9.78 Å². The number of fused-ring (bicyclic) bond motifs is 1. The van der Waals surface area contributed by atoms with E-state index in [9.17, 15) is 4.79 Å². The van der Waals surface area contributed by atoms with E-state index >= 15 is 0 Å². The smallest absolute Gasteiger partial charge is 0.255 e. The molecular formula is C12H11N3OS. The molecule has 1 aliphatic heterocycles. The average molecular weight is 245 g/mol. The van der Waals surface area contributed by atoms with E-state index in [-0.39, 0.29) is 5.56 Å². The van der Waals surface area contributed by atoms with Crippen LogP contribution in [0.15, 0.2) is 29.3 Å². The van der Waals surface area contributed by atoms with E-state index in [0.717, 1.165) is 34.2 Å². The molecule has 0 fully saturated rings. The molecule has 0 saturated carbocycles. The second-order valence-electron chi connectivity index (χ2n) is 3.96. The van der Waals surface area contributed by atoms with Crippen LogP contribution >= 0.6 is 11.8 Å². The number of hydrogen-bond acceptors (Lipinski definition) is 4. The third-order valence-corrected chi connectivity index (χ3v) is 3.73. The minimum absolute atomic E-state index is 0.0176. The first-order valence-corrected chi connectivity index (χ1v) is 6.56. The van der Waals surface area contributed by atoms with Gasteiger partial charge in [0.1, 0.15) is 5.82 Å². The van der Waals surface area contributed by atoms with Crippen LogP contribution in [0.4, 0.5) is 0 Å². The minimum atomic E-state index is 0.0176. The van der Waals surface area contributed by atoms with Gasteiger partial charge in [-0.25, -0.2) is 4.98 Å². The number of thioether (sulfide) groups is 1. The third-order valence-electron chi connectivity index (χ3n) is 2.76. The van der Waals surface area contributed by atoms with Crippen molar-refractivity contribution in [1.29, 1.82) is 0 Å². The van der Waals surface area contributed by atoms with E-state index in [4.69, 9.17) is 0 Å². The largest absolute Gasteiger partial charge is 0.310 e. The molecule has 0 saturated heterocycles. The van der Waals surface area contributed by atoms with E-state index in [0.29, 0.717) is 6.42 Å². The van der Waals surface area contributed by atoms with Crippen molar-refractivity contribution in [3.05, 3.63) is 57.5 Å². The maximum atomic E-state index is 11.8. The molecule has 0 amide bonds. The molecule has 4 nitrogen and oxygen atoms in total.